The van der Waals surface area contributed by atoms with Gasteiger partial charge in [-0.2, -0.15) is 0 Å². The van der Waals surface area contributed by atoms with Crippen LogP contribution in [0.1, 0.15) is 105 Å². The van der Waals surface area contributed by atoms with Crippen molar-refractivity contribution in [3.8, 4) is 0 Å². The van der Waals surface area contributed by atoms with Gasteiger partial charge in [0.2, 0.25) is 0 Å². The van der Waals surface area contributed by atoms with E-state index in [1.165, 1.54) is 25.7 Å². The first-order chi connectivity index (χ1) is 13.7. The Morgan fingerprint density at radius 2 is 1.71 bits per heavy atom. The van der Waals surface area contributed by atoms with Gasteiger partial charge in [-0.05, 0) is 44.9 Å². The lowest BCUT2D eigenvalue weighted by Crippen LogP contribution is -2.35. The standard InChI is InChI=1S/C22H36N4O2/c1-3-14-25(15-4-2)22(28)20-24-19(18-13-9-10-16-26(18)20)21(27)23-17-11-7-5-6-8-12-17/h17H,3-16H2,1-2H3,(H,23,27). The minimum Gasteiger partial charge on any atom is -0.348 e. The molecule has 0 radical (unpaired) electrons. The number of carbonyl (C=O) groups excluding carboxylic acids is 2. The van der Waals surface area contributed by atoms with Crippen molar-refractivity contribution in [3.63, 3.8) is 0 Å². The molecule has 1 aromatic heterocycles. The maximum Gasteiger partial charge on any atom is 0.289 e. The Hall–Kier alpha value is -1.85. The highest BCUT2D eigenvalue weighted by Crippen LogP contribution is 2.23. The summed E-state index contributed by atoms with van der Waals surface area (Å²) in [5.41, 5.74) is 1.44. The summed E-state index contributed by atoms with van der Waals surface area (Å²) < 4.78 is 2.02. The monoisotopic (exact) mass is 388 g/mol. The number of hydrogen-bond donors (Lipinski definition) is 1. The van der Waals surface area contributed by atoms with Crippen LogP contribution >= 0.6 is 0 Å². The van der Waals surface area contributed by atoms with Crippen LogP contribution in [-0.2, 0) is 13.0 Å². The number of nitrogens with one attached hydrogen (secondary N) is 1. The third kappa shape index (κ3) is 4.76. The van der Waals surface area contributed by atoms with Crippen LogP contribution in [0.25, 0.3) is 0 Å². The molecule has 156 valence electrons. The largest absolute Gasteiger partial charge is 0.348 e. The van der Waals surface area contributed by atoms with Gasteiger partial charge in [-0.3, -0.25) is 9.59 Å². The van der Waals surface area contributed by atoms with Crippen molar-refractivity contribution in [1.29, 1.82) is 0 Å². The second-order valence-corrected chi connectivity index (χ2v) is 8.29. The quantitative estimate of drug-likeness (QED) is 0.720. The lowest BCUT2D eigenvalue weighted by molar-refractivity contribution is 0.0737. The van der Waals surface area contributed by atoms with Crippen LogP contribution in [0.15, 0.2) is 0 Å². The van der Waals surface area contributed by atoms with Crippen LogP contribution in [0.2, 0.25) is 0 Å². The summed E-state index contributed by atoms with van der Waals surface area (Å²) >= 11 is 0. The summed E-state index contributed by atoms with van der Waals surface area (Å²) in [6.45, 7) is 6.42. The molecule has 0 bridgehead atoms. The van der Waals surface area contributed by atoms with Gasteiger partial charge in [-0.15, -0.1) is 0 Å². The number of fused-ring (bicyclic) bond motifs is 1. The van der Waals surface area contributed by atoms with Crippen molar-refractivity contribution in [2.45, 2.75) is 97.1 Å². The summed E-state index contributed by atoms with van der Waals surface area (Å²) in [5.74, 6) is 0.345. The molecule has 28 heavy (non-hydrogen) atoms. The molecule has 0 atom stereocenters. The van der Waals surface area contributed by atoms with E-state index in [1.54, 1.807) is 0 Å². The topological polar surface area (TPSA) is 67.2 Å². The van der Waals surface area contributed by atoms with Gasteiger partial charge >= 0.3 is 0 Å². The normalized spacial score (nSPS) is 17.6. The number of amides is 2. The van der Waals surface area contributed by atoms with Crippen LogP contribution in [0, 0.1) is 0 Å². The van der Waals surface area contributed by atoms with E-state index in [4.69, 9.17) is 0 Å². The molecule has 1 aliphatic carbocycles. The Kier molecular flexibility index (Phi) is 7.51. The average molecular weight is 389 g/mol. The van der Waals surface area contributed by atoms with E-state index < -0.39 is 0 Å². The fourth-order valence-electron chi connectivity index (χ4n) is 4.56. The third-order valence-electron chi connectivity index (χ3n) is 5.99. The predicted octanol–water partition coefficient (Wildman–Crippen LogP) is 3.93. The van der Waals surface area contributed by atoms with Gasteiger partial charge in [-0.25, -0.2) is 4.98 Å². The second-order valence-electron chi connectivity index (χ2n) is 8.29. The smallest absolute Gasteiger partial charge is 0.289 e. The van der Waals surface area contributed by atoms with Crippen molar-refractivity contribution < 1.29 is 9.59 Å². The van der Waals surface area contributed by atoms with Gasteiger partial charge in [0.15, 0.2) is 5.82 Å². The fraction of sp³-hybridized carbons (Fsp3) is 0.773. The molecule has 3 rings (SSSR count). The molecule has 1 saturated carbocycles. The van der Waals surface area contributed by atoms with Crippen molar-refractivity contribution in [3.05, 3.63) is 17.2 Å². The molecule has 0 unspecified atom stereocenters. The van der Waals surface area contributed by atoms with E-state index in [0.29, 0.717) is 11.5 Å². The highest BCUT2D eigenvalue weighted by Gasteiger charge is 2.30. The minimum absolute atomic E-state index is 0.0274. The molecule has 1 aromatic rings. The van der Waals surface area contributed by atoms with Crippen molar-refractivity contribution in [2.24, 2.45) is 0 Å². The number of carbonyl (C=O) groups is 2. The lowest BCUT2D eigenvalue weighted by Gasteiger charge is -2.23. The van der Waals surface area contributed by atoms with Gasteiger partial charge in [-0.1, -0.05) is 39.5 Å². The molecule has 0 saturated heterocycles. The van der Waals surface area contributed by atoms with Gasteiger partial charge < -0.3 is 14.8 Å². The number of rotatable bonds is 7. The molecule has 2 amide bonds. The number of aromatic nitrogens is 2. The van der Waals surface area contributed by atoms with E-state index in [9.17, 15) is 9.59 Å². The highest BCUT2D eigenvalue weighted by atomic mass is 16.2. The first-order valence-corrected chi connectivity index (χ1v) is 11.3. The van der Waals surface area contributed by atoms with Crippen LogP contribution in [0.5, 0.6) is 0 Å². The van der Waals surface area contributed by atoms with Crippen molar-refractivity contribution in [2.75, 3.05) is 13.1 Å². The maximum absolute atomic E-state index is 13.2. The first-order valence-electron chi connectivity index (χ1n) is 11.3. The van der Waals surface area contributed by atoms with Crippen molar-refractivity contribution in [1.82, 2.24) is 19.8 Å². The maximum atomic E-state index is 13.2. The molecule has 6 heteroatoms. The molecular weight excluding hydrogens is 352 g/mol. The Morgan fingerprint density at radius 1 is 1.04 bits per heavy atom. The summed E-state index contributed by atoms with van der Waals surface area (Å²) in [7, 11) is 0. The van der Waals surface area contributed by atoms with E-state index in [1.807, 2.05) is 9.47 Å². The molecule has 0 spiro atoms. The van der Waals surface area contributed by atoms with Gasteiger partial charge in [0.05, 0.1) is 5.69 Å². The SMILES string of the molecule is CCCN(CCC)C(=O)c1nc(C(=O)NC2CCCCCC2)c2n1CCCC2. The molecule has 1 fully saturated rings. The van der Waals surface area contributed by atoms with Crippen LogP contribution < -0.4 is 5.32 Å². The second kappa shape index (κ2) is 10.1. The Balaban J connectivity index is 1.83. The summed E-state index contributed by atoms with van der Waals surface area (Å²) in [6, 6.07) is 0.242. The zero-order valence-electron chi connectivity index (χ0n) is 17.6. The average Bonchev–Trinajstić information content (AvgIpc) is 2.90. The molecule has 0 aromatic carbocycles. The Bertz CT molecular complexity index is 668. The molecule has 2 aliphatic rings. The van der Waals surface area contributed by atoms with E-state index in [0.717, 1.165) is 70.3 Å². The van der Waals surface area contributed by atoms with Crippen LogP contribution in [-0.4, -0.2) is 45.4 Å². The van der Waals surface area contributed by atoms with Crippen molar-refractivity contribution >= 4 is 11.8 Å². The van der Waals surface area contributed by atoms with Gasteiger partial charge in [0.25, 0.3) is 11.8 Å². The van der Waals surface area contributed by atoms with Crippen LogP contribution in [0.3, 0.4) is 0 Å². The zero-order valence-corrected chi connectivity index (χ0v) is 17.6. The fourth-order valence-corrected chi connectivity index (χ4v) is 4.56. The highest BCUT2D eigenvalue weighted by molar-refractivity contribution is 5.97. The Labute approximate surface area is 169 Å². The molecule has 1 aliphatic heterocycles. The summed E-state index contributed by atoms with van der Waals surface area (Å²) in [4.78, 5) is 32.7. The number of hydrogen-bond acceptors (Lipinski definition) is 3. The van der Waals surface area contributed by atoms with Gasteiger partial charge in [0.1, 0.15) is 5.69 Å². The number of imidazole rings is 1. The molecular formula is C22H36N4O2. The van der Waals surface area contributed by atoms with Crippen LogP contribution in [0.4, 0.5) is 0 Å². The lowest BCUT2D eigenvalue weighted by atomic mass is 10.1. The van der Waals surface area contributed by atoms with Gasteiger partial charge in [0, 0.05) is 25.7 Å². The Morgan fingerprint density at radius 3 is 2.36 bits per heavy atom. The van der Waals surface area contributed by atoms with E-state index >= 15 is 0 Å². The zero-order chi connectivity index (χ0) is 19.9. The minimum atomic E-state index is -0.0888. The molecule has 1 N–H and O–H groups in total. The predicted molar refractivity (Wildman–Crippen MR) is 111 cm³/mol. The molecule has 2 heterocycles. The third-order valence-corrected chi connectivity index (χ3v) is 5.99. The van der Waals surface area contributed by atoms with E-state index in [2.05, 4.69) is 24.1 Å². The molecule has 6 nitrogen and oxygen atoms in total. The van der Waals surface area contributed by atoms with E-state index in [-0.39, 0.29) is 17.9 Å². The first kappa shape index (κ1) is 20.9. The number of nitrogens with zero attached hydrogens (tertiary/aromatic N) is 3. The summed E-state index contributed by atoms with van der Waals surface area (Å²) in [6.07, 6.45) is 11.7. The summed E-state index contributed by atoms with van der Waals surface area (Å²) in [5, 5.41) is 3.22.